The molecule has 1 N–H and O–H groups in total. The number of amides is 2. The highest BCUT2D eigenvalue weighted by molar-refractivity contribution is 6.46. The minimum Gasteiger partial charge on any atom is -0.495 e. The fourth-order valence-corrected chi connectivity index (χ4v) is 3.77. The highest BCUT2D eigenvalue weighted by Crippen LogP contribution is 2.37. The normalized spacial score (nSPS) is 13.7. The quantitative estimate of drug-likeness (QED) is 0.492. The number of hydrogen-bond acceptors (Lipinski definition) is 4. The zero-order valence-electron chi connectivity index (χ0n) is 18.0. The number of hydrogen-bond donors (Lipinski definition) is 1. The van der Waals surface area contributed by atoms with Crippen molar-refractivity contribution in [2.24, 2.45) is 0 Å². The van der Waals surface area contributed by atoms with Crippen LogP contribution in [0.25, 0.3) is 5.57 Å². The fraction of sp³-hybridized carbons (Fsp3) is 0.120. The number of aryl methyl sites for hydroxylation is 2. The number of imide groups is 1. The summed E-state index contributed by atoms with van der Waals surface area (Å²) in [7, 11) is 1.45. The third kappa shape index (κ3) is 4.07. The molecule has 0 atom stereocenters. The Hall–Kier alpha value is -3.71. The number of ether oxygens (including phenoxy) is 1. The van der Waals surface area contributed by atoms with Gasteiger partial charge in [0.2, 0.25) is 0 Å². The number of benzene rings is 3. The zero-order chi connectivity index (χ0) is 23.9. The first kappa shape index (κ1) is 22.5. The molecule has 33 heavy (non-hydrogen) atoms. The molecular weight excluding hydrogens is 450 g/mol. The minimum atomic E-state index is -0.904. The summed E-state index contributed by atoms with van der Waals surface area (Å²) in [5, 5.41) is 3.31. The molecule has 0 unspecified atom stereocenters. The first-order chi connectivity index (χ1) is 15.7. The van der Waals surface area contributed by atoms with Crippen molar-refractivity contribution >= 4 is 40.4 Å². The molecule has 0 fully saturated rings. The average molecular weight is 469 g/mol. The topological polar surface area (TPSA) is 58.6 Å². The zero-order valence-corrected chi connectivity index (χ0v) is 18.8. The number of carbonyl (C=O) groups is 2. The van der Waals surface area contributed by atoms with Crippen LogP contribution in [0.15, 0.2) is 60.3 Å². The summed E-state index contributed by atoms with van der Waals surface area (Å²) < 4.78 is 33.8. The van der Waals surface area contributed by atoms with Crippen LogP contribution in [-0.2, 0) is 9.59 Å². The molecule has 1 heterocycles. The van der Waals surface area contributed by atoms with E-state index in [0.717, 1.165) is 29.3 Å². The number of nitrogens with zero attached hydrogens (tertiary/aromatic N) is 1. The van der Waals surface area contributed by atoms with Crippen molar-refractivity contribution in [1.82, 2.24) is 0 Å². The lowest BCUT2D eigenvalue weighted by Crippen LogP contribution is -2.33. The smallest absolute Gasteiger partial charge is 0.282 e. The highest BCUT2D eigenvalue weighted by Gasteiger charge is 2.41. The number of methoxy groups -OCH3 is 1. The van der Waals surface area contributed by atoms with Gasteiger partial charge < -0.3 is 10.1 Å². The Balaban J connectivity index is 1.91. The first-order valence-electron chi connectivity index (χ1n) is 9.97. The van der Waals surface area contributed by atoms with E-state index in [-0.39, 0.29) is 11.3 Å². The van der Waals surface area contributed by atoms with Crippen LogP contribution >= 0.6 is 11.6 Å². The van der Waals surface area contributed by atoms with E-state index >= 15 is 0 Å². The molecule has 4 rings (SSSR count). The molecule has 2 amide bonds. The van der Waals surface area contributed by atoms with Gasteiger partial charge in [-0.1, -0.05) is 29.8 Å². The van der Waals surface area contributed by atoms with Gasteiger partial charge in [0.05, 0.1) is 24.1 Å². The largest absolute Gasteiger partial charge is 0.495 e. The summed E-state index contributed by atoms with van der Waals surface area (Å²) in [4.78, 5) is 27.5. The van der Waals surface area contributed by atoms with Gasteiger partial charge in [0.1, 0.15) is 23.1 Å². The molecule has 0 saturated carbocycles. The summed E-state index contributed by atoms with van der Waals surface area (Å²) in [6.07, 6.45) is 0. The van der Waals surface area contributed by atoms with E-state index < -0.39 is 29.1 Å². The first-order valence-corrected chi connectivity index (χ1v) is 10.4. The van der Waals surface area contributed by atoms with Crippen molar-refractivity contribution in [3.8, 4) is 5.75 Å². The van der Waals surface area contributed by atoms with Gasteiger partial charge in [0.15, 0.2) is 0 Å². The van der Waals surface area contributed by atoms with Crippen LogP contribution < -0.4 is 15.0 Å². The van der Waals surface area contributed by atoms with Gasteiger partial charge in [0.25, 0.3) is 11.8 Å². The van der Waals surface area contributed by atoms with Gasteiger partial charge in [-0.15, -0.1) is 0 Å². The van der Waals surface area contributed by atoms with E-state index in [9.17, 15) is 18.4 Å². The van der Waals surface area contributed by atoms with E-state index in [4.69, 9.17) is 16.3 Å². The Morgan fingerprint density at radius 2 is 1.67 bits per heavy atom. The standard InChI is InChI=1S/C25H19ClF2N2O3/c1-13-4-5-15(10-14(13)2)22-23(29-19-11-16(26)6-9-21(19)33-3)25(32)30(24(22)31)20-12-17(27)7-8-18(20)28/h4-12,29H,1-3H3. The summed E-state index contributed by atoms with van der Waals surface area (Å²) in [6, 6.07) is 12.6. The molecule has 0 bridgehead atoms. The van der Waals surface area contributed by atoms with Gasteiger partial charge in [0, 0.05) is 11.1 Å². The van der Waals surface area contributed by atoms with Crippen LogP contribution in [0.1, 0.15) is 16.7 Å². The molecule has 5 nitrogen and oxygen atoms in total. The summed E-state index contributed by atoms with van der Waals surface area (Å²) in [5.41, 5.74) is 2.14. The molecule has 1 aliphatic heterocycles. The molecule has 168 valence electrons. The second kappa shape index (κ2) is 8.67. The van der Waals surface area contributed by atoms with Gasteiger partial charge in [-0.2, -0.15) is 0 Å². The Labute approximate surface area is 194 Å². The van der Waals surface area contributed by atoms with Gasteiger partial charge in [-0.05, 0) is 60.9 Å². The number of anilines is 2. The Kier molecular flexibility index (Phi) is 5.91. The third-order valence-corrected chi connectivity index (χ3v) is 5.68. The number of nitrogens with one attached hydrogen (secondary N) is 1. The monoisotopic (exact) mass is 468 g/mol. The van der Waals surface area contributed by atoms with Crippen LogP contribution in [0.5, 0.6) is 5.75 Å². The summed E-state index contributed by atoms with van der Waals surface area (Å²) in [6.45, 7) is 3.79. The molecule has 3 aromatic rings. The maximum absolute atomic E-state index is 14.6. The predicted octanol–water partition coefficient (Wildman–Crippen LogP) is 5.64. The van der Waals surface area contributed by atoms with E-state index in [1.54, 1.807) is 24.3 Å². The number of rotatable bonds is 5. The second-order valence-corrected chi connectivity index (χ2v) is 8.00. The van der Waals surface area contributed by atoms with Gasteiger partial charge in [-0.25, -0.2) is 13.7 Å². The van der Waals surface area contributed by atoms with Crippen LogP contribution in [0.4, 0.5) is 20.2 Å². The second-order valence-electron chi connectivity index (χ2n) is 7.56. The van der Waals surface area contributed by atoms with Crippen molar-refractivity contribution in [2.75, 3.05) is 17.3 Å². The minimum absolute atomic E-state index is 0.0220. The van der Waals surface area contributed by atoms with Crippen molar-refractivity contribution in [3.05, 3.63) is 93.6 Å². The maximum Gasteiger partial charge on any atom is 0.282 e. The molecule has 0 saturated heterocycles. The van der Waals surface area contributed by atoms with Gasteiger partial charge >= 0.3 is 0 Å². The van der Waals surface area contributed by atoms with E-state index in [0.29, 0.717) is 26.9 Å². The Bertz CT molecular complexity index is 1340. The van der Waals surface area contributed by atoms with Crippen molar-refractivity contribution < 1.29 is 23.1 Å². The average Bonchev–Trinajstić information content (AvgIpc) is 3.01. The summed E-state index contributed by atoms with van der Waals surface area (Å²) >= 11 is 6.11. The van der Waals surface area contributed by atoms with Crippen LogP contribution in [0.3, 0.4) is 0 Å². The molecule has 0 spiro atoms. The Morgan fingerprint density at radius 1 is 0.909 bits per heavy atom. The lowest BCUT2D eigenvalue weighted by atomic mass is 9.99. The molecule has 0 aliphatic carbocycles. The highest BCUT2D eigenvalue weighted by atomic mass is 35.5. The lowest BCUT2D eigenvalue weighted by molar-refractivity contribution is -0.120. The van der Waals surface area contributed by atoms with E-state index in [2.05, 4.69) is 5.32 Å². The molecule has 1 aliphatic rings. The molecular formula is C25H19ClF2N2O3. The van der Waals surface area contributed by atoms with Crippen molar-refractivity contribution in [1.29, 1.82) is 0 Å². The molecule has 8 heteroatoms. The number of halogens is 3. The number of carbonyl (C=O) groups excluding carboxylic acids is 2. The SMILES string of the molecule is COc1ccc(Cl)cc1NC1=C(c2ccc(C)c(C)c2)C(=O)N(c2cc(F)ccc2F)C1=O. The lowest BCUT2D eigenvalue weighted by Gasteiger charge is -2.17. The third-order valence-electron chi connectivity index (χ3n) is 5.45. The molecule has 3 aromatic carbocycles. The van der Waals surface area contributed by atoms with Crippen LogP contribution in [0, 0.1) is 25.5 Å². The van der Waals surface area contributed by atoms with Crippen molar-refractivity contribution in [3.63, 3.8) is 0 Å². The maximum atomic E-state index is 14.6. The fourth-order valence-electron chi connectivity index (χ4n) is 3.60. The van der Waals surface area contributed by atoms with Crippen LogP contribution in [0.2, 0.25) is 5.02 Å². The van der Waals surface area contributed by atoms with E-state index in [1.165, 1.54) is 13.2 Å². The predicted molar refractivity (Wildman–Crippen MR) is 123 cm³/mol. The molecule has 0 radical (unpaired) electrons. The van der Waals surface area contributed by atoms with E-state index in [1.807, 2.05) is 19.9 Å². The van der Waals surface area contributed by atoms with Crippen molar-refractivity contribution in [2.45, 2.75) is 13.8 Å². The summed E-state index contributed by atoms with van der Waals surface area (Å²) in [5.74, 6) is -2.92. The molecule has 0 aromatic heterocycles. The van der Waals surface area contributed by atoms with Gasteiger partial charge in [-0.3, -0.25) is 9.59 Å². The van der Waals surface area contributed by atoms with Crippen LogP contribution in [-0.4, -0.2) is 18.9 Å². The Morgan fingerprint density at radius 3 is 2.36 bits per heavy atom.